The van der Waals surface area contributed by atoms with Gasteiger partial charge >= 0.3 is 0 Å². The molecule has 3 aromatic rings. The standard InChI is InChI=1S/C21H24N4O4/c1-2-3-6-11-25-21(28)17-10-5-4-9-16(17)19(24-25)20(27)23-14-18(26)22-13-15-8-7-12-29-15/h4-5,7-10,12H,2-3,6,11,13-14H2,1H3,(H,22,26)(H,23,27). The van der Waals surface area contributed by atoms with Gasteiger partial charge in [0.2, 0.25) is 5.91 Å². The summed E-state index contributed by atoms with van der Waals surface area (Å²) < 4.78 is 6.48. The average Bonchev–Trinajstić information content (AvgIpc) is 3.26. The predicted molar refractivity (Wildman–Crippen MR) is 108 cm³/mol. The number of hydrogen-bond donors (Lipinski definition) is 2. The van der Waals surface area contributed by atoms with Crippen molar-refractivity contribution in [3.05, 3.63) is 64.5 Å². The minimum atomic E-state index is -0.501. The van der Waals surface area contributed by atoms with Crippen LogP contribution in [0.25, 0.3) is 10.8 Å². The Hall–Kier alpha value is -3.42. The van der Waals surface area contributed by atoms with Crippen LogP contribution in [-0.2, 0) is 17.9 Å². The van der Waals surface area contributed by atoms with Crippen molar-refractivity contribution in [1.82, 2.24) is 20.4 Å². The highest BCUT2D eigenvalue weighted by Crippen LogP contribution is 2.13. The minimum Gasteiger partial charge on any atom is -0.467 e. The number of aryl methyl sites for hydroxylation is 1. The first-order valence-corrected chi connectivity index (χ1v) is 9.67. The zero-order valence-electron chi connectivity index (χ0n) is 16.3. The lowest BCUT2D eigenvalue weighted by Crippen LogP contribution is -2.38. The summed E-state index contributed by atoms with van der Waals surface area (Å²) in [6.07, 6.45) is 4.31. The largest absolute Gasteiger partial charge is 0.467 e. The monoisotopic (exact) mass is 396 g/mol. The smallest absolute Gasteiger partial charge is 0.274 e. The Balaban J connectivity index is 1.73. The average molecular weight is 396 g/mol. The SMILES string of the molecule is CCCCCn1nc(C(=O)NCC(=O)NCc2ccco2)c2ccccc2c1=O. The summed E-state index contributed by atoms with van der Waals surface area (Å²) in [5.74, 6) is -0.231. The van der Waals surface area contributed by atoms with Gasteiger partial charge in [-0.05, 0) is 24.6 Å². The Bertz CT molecular complexity index is 1040. The van der Waals surface area contributed by atoms with Crippen molar-refractivity contribution in [2.45, 2.75) is 39.3 Å². The van der Waals surface area contributed by atoms with Crippen molar-refractivity contribution in [3.8, 4) is 0 Å². The lowest BCUT2D eigenvalue weighted by atomic mass is 10.1. The lowest BCUT2D eigenvalue weighted by Gasteiger charge is -2.11. The highest BCUT2D eigenvalue weighted by molar-refractivity contribution is 6.05. The van der Waals surface area contributed by atoms with E-state index < -0.39 is 5.91 Å². The molecule has 0 saturated carbocycles. The number of hydrogen-bond acceptors (Lipinski definition) is 5. The summed E-state index contributed by atoms with van der Waals surface area (Å²) in [5.41, 5.74) is -0.0834. The van der Waals surface area contributed by atoms with Gasteiger partial charge in [0.1, 0.15) is 5.76 Å². The zero-order chi connectivity index (χ0) is 20.6. The van der Waals surface area contributed by atoms with Crippen LogP contribution in [0.5, 0.6) is 0 Å². The molecule has 0 radical (unpaired) electrons. The molecule has 29 heavy (non-hydrogen) atoms. The van der Waals surface area contributed by atoms with Gasteiger partial charge in [-0.1, -0.05) is 38.0 Å². The van der Waals surface area contributed by atoms with Gasteiger partial charge in [-0.15, -0.1) is 0 Å². The number of nitrogens with one attached hydrogen (secondary N) is 2. The first kappa shape index (κ1) is 20.3. The van der Waals surface area contributed by atoms with Crippen molar-refractivity contribution < 1.29 is 14.0 Å². The fourth-order valence-electron chi connectivity index (χ4n) is 2.97. The minimum absolute atomic E-state index is 0.135. The maximum absolute atomic E-state index is 12.7. The molecule has 2 amide bonds. The van der Waals surface area contributed by atoms with E-state index in [1.165, 1.54) is 10.9 Å². The van der Waals surface area contributed by atoms with Gasteiger partial charge in [0.25, 0.3) is 11.5 Å². The van der Waals surface area contributed by atoms with E-state index in [4.69, 9.17) is 4.42 Å². The Morgan fingerprint density at radius 3 is 2.59 bits per heavy atom. The number of rotatable bonds is 9. The number of carbonyl (C=O) groups excluding carboxylic acids is 2. The molecule has 152 valence electrons. The zero-order valence-corrected chi connectivity index (χ0v) is 16.3. The van der Waals surface area contributed by atoms with Gasteiger partial charge in [-0.3, -0.25) is 14.4 Å². The molecule has 0 atom stereocenters. The molecule has 0 spiro atoms. The molecule has 0 fully saturated rings. The van der Waals surface area contributed by atoms with E-state index in [2.05, 4.69) is 22.7 Å². The molecular formula is C21H24N4O4. The lowest BCUT2D eigenvalue weighted by molar-refractivity contribution is -0.120. The number of benzene rings is 1. The maximum Gasteiger partial charge on any atom is 0.274 e. The summed E-state index contributed by atoms with van der Waals surface area (Å²) in [7, 11) is 0. The van der Waals surface area contributed by atoms with Gasteiger partial charge in [0.15, 0.2) is 5.69 Å². The number of fused-ring (bicyclic) bond motifs is 1. The van der Waals surface area contributed by atoms with Crippen LogP contribution in [0.2, 0.25) is 0 Å². The third-order valence-corrected chi connectivity index (χ3v) is 4.51. The van der Waals surface area contributed by atoms with E-state index in [1.54, 1.807) is 36.4 Å². The van der Waals surface area contributed by atoms with Crippen LogP contribution in [0.15, 0.2) is 51.9 Å². The number of aromatic nitrogens is 2. The van der Waals surface area contributed by atoms with Crippen LogP contribution < -0.4 is 16.2 Å². The first-order chi connectivity index (χ1) is 14.1. The van der Waals surface area contributed by atoms with Crippen LogP contribution in [0, 0.1) is 0 Å². The molecule has 8 heteroatoms. The maximum atomic E-state index is 12.7. The Kier molecular flexibility index (Phi) is 6.78. The summed E-state index contributed by atoms with van der Waals surface area (Å²) in [5, 5.41) is 10.4. The van der Waals surface area contributed by atoms with Gasteiger partial charge in [0.05, 0.1) is 24.7 Å². The van der Waals surface area contributed by atoms with E-state index in [1.807, 2.05) is 0 Å². The fraction of sp³-hybridized carbons (Fsp3) is 0.333. The number of unbranched alkanes of at least 4 members (excludes halogenated alkanes) is 2. The highest BCUT2D eigenvalue weighted by atomic mass is 16.3. The van der Waals surface area contributed by atoms with E-state index in [9.17, 15) is 14.4 Å². The van der Waals surface area contributed by atoms with Gasteiger partial charge in [-0.2, -0.15) is 5.10 Å². The second kappa shape index (κ2) is 9.68. The van der Waals surface area contributed by atoms with Crippen LogP contribution >= 0.6 is 0 Å². The van der Waals surface area contributed by atoms with Crippen LogP contribution in [0.1, 0.15) is 42.4 Å². The third-order valence-electron chi connectivity index (χ3n) is 4.51. The Labute approximate surface area is 167 Å². The Morgan fingerprint density at radius 2 is 1.86 bits per heavy atom. The van der Waals surface area contributed by atoms with Crippen molar-refractivity contribution in [2.24, 2.45) is 0 Å². The van der Waals surface area contributed by atoms with Crippen molar-refractivity contribution in [3.63, 3.8) is 0 Å². The molecule has 0 aliphatic heterocycles. The number of amides is 2. The molecule has 8 nitrogen and oxygen atoms in total. The van der Waals surface area contributed by atoms with Crippen molar-refractivity contribution >= 4 is 22.6 Å². The van der Waals surface area contributed by atoms with E-state index in [0.29, 0.717) is 23.1 Å². The summed E-state index contributed by atoms with van der Waals surface area (Å²) in [6, 6.07) is 10.3. The molecule has 2 aromatic heterocycles. The third kappa shape index (κ3) is 5.10. The molecular weight excluding hydrogens is 372 g/mol. The molecule has 0 unspecified atom stereocenters. The van der Waals surface area contributed by atoms with E-state index >= 15 is 0 Å². The van der Waals surface area contributed by atoms with E-state index in [-0.39, 0.29) is 30.2 Å². The van der Waals surface area contributed by atoms with Gasteiger partial charge in [-0.25, -0.2) is 4.68 Å². The quantitative estimate of drug-likeness (QED) is 0.540. The molecule has 3 rings (SSSR count). The summed E-state index contributed by atoms with van der Waals surface area (Å²) in [4.78, 5) is 37.3. The van der Waals surface area contributed by atoms with Crippen LogP contribution in [-0.4, -0.2) is 28.1 Å². The number of carbonyl (C=O) groups is 2. The second-order valence-corrected chi connectivity index (χ2v) is 6.67. The molecule has 2 heterocycles. The summed E-state index contributed by atoms with van der Waals surface area (Å²) in [6.45, 7) is 2.56. The first-order valence-electron chi connectivity index (χ1n) is 9.67. The molecule has 0 aliphatic rings. The second-order valence-electron chi connectivity index (χ2n) is 6.67. The molecule has 0 saturated heterocycles. The van der Waals surface area contributed by atoms with Gasteiger partial charge < -0.3 is 15.1 Å². The van der Waals surface area contributed by atoms with E-state index in [0.717, 1.165) is 19.3 Å². The Morgan fingerprint density at radius 1 is 1.07 bits per heavy atom. The molecule has 0 bridgehead atoms. The van der Waals surface area contributed by atoms with Crippen molar-refractivity contribution in [2.75, 3.05) is 6.54 Å². The molecule has 1 aromatic carbocycles. The predicted octanol–water partition coefficient (Wildman–Crippen LogP) is 2.23. The van der Waals surface area contributed by atoms with Gasteiger partial charge in [0, 0.05) is 11.9 Å². The number of nitrogens with zero attached hydrogens (tertiary/aromatic N) is 2. The van der Waals surface area contributed by atoms with Crippen LogP contribution in [0.3, 0.4) is 0 Å². The van der Waals surface area contributed by atoms with Crippen LogP contribution in [0.4, 0.5) is 0 Å². The molecule has 0 aliphatic carbocycles. The molecule has 2 N–H and O–H groups in total. The number of furan rings is 1. The topological polar surface area (TPSA) is 106 Å². The fourth-order valence-corrected chi connectivity index (χ4v) is 2.97. The summed E-state index contributed by atoms with van der Waals surface area (Å²) >= 11 is 0. The highest BCUT2D eigenvalue weighted by Gasteiger charge is 2.17. The normalized spacial score (nSPS) is 10.8. The van der Waals surface area contributed by atoms with Crippen molar-refractivity contribution in [1.29, 1.82) is 0 Å².